The minimum atomic E-state index is -0.348. The van der Waals surface area contributed by atoms with Gasteiger partial charge in [0.2, 0.25) is 0 Å². The quantitative estimate of drug-likeness (QED) is 0.603. The van der Waals surface area contributed by atoms with Gasteiger partial charge < -0.3 is 5.11 Å². The number of benzene rings is 1. The maximum atomic E-state index is 10.0. The molecule has 84 valence electrons. The molecule has 0 aromatic heterocycles. The van der Waals surface area contributed by atoms with E-state index < -0.39 is 0 Å². The molecule has 1 nitrogen and oxygen atoms in total. The van der Waals surface area contributed by atoms with E-state index in [1.807, 2.05) is 0 Å². The third-order valence-corrected chi connectivity index (χ3v) is 3.31. The molecule has 2 rings (SSSR count). The van der Waals surface area contributed by atoms with E-state index >= 15 is 0 Å². The van der Waals surface area contributed by atoms with Gasteiger partial charge in [-0.25, -0.2) is 0 Å². The van der Waals surface area contributed by atoms with Crippen LogP contribution in [0.1, 0.15) is 48.5 Å². The van der Waals surface area contributed by atoms with Crippen molar-refractivity contribution in [1.29, 1.82) is 0 Å². The number of unbranched alkanes of at least 4 members (excludes halogenated alkanes) is 1. The molecule has 0 radical (unpaired) electrons. The number of terminal acetylenes is 1. The van der Waals surface area contributed by atoms with E-state index in [1.165, 1.54) is 30.4 Å². The molecular formula is C15H18O. The number of rotatable bonds is 4. The lowest BCUT2D eigenvalue weighted by molar-refractivity contribution is 0.165. The fourth-order valence-electron chi connectivity index (χ4n) is 2.36. The van der Waals surface area contributed by atoms with E-state index in [9.17, 15) is 5.11 Å². The van der Waals surface area contributed by atoms with Crippen molar-refractivity contribution < 1.29 is 5.11 Å². The molecule has 1 aromatic carbocycles. The minimum Gasteiger partial charge on any atom is -0.388 e. The Bertz CT molecular complexity index is 400. The molecule has 1 atom stereocenters. The van der Waals surface area contributed by atoms with Gasteiger partial charge in [-0.15, -0.1) is 12.3 Å². The van der Waals surface area contributed by atoms with Crippen molar-refractivity contribution in [3.8, 4) is 12.3 Å². The summed E-state index contributed by atoms with van der Waals surface area (Å²) in [6, 6.07) is 6.40. The number of fused-ring (bicyclic) bond motifs is 1. The Kier molecular flexibility index (Phi) is 3.64. The first kappa shape index (κ1) is 11.2. The van der Waals surface area contributed by atoms with Gasteiger partial charge in [0.15, 0.2) is 0 Å². The van der Waals surface area contributed by atoms with E-state index in [1.54, 1.807) is 0 Å². The monoisotopic (exact) mass is 214 g/mol. The minimum absolute atomic E-state index is 0.348. The molecule has 0 fully saturated rings. The van der Waals surface area contributed by atoms with Crippen molar-refractivity contribution in [3.63, 3.8) is 0 Å². The van der Waals surface area contributed by atoms with Gasteiger partial charge in [0.1, 0.15) is 0 Å². The SMILES string of the molecule is C#CCCCC(O)c1ccc2c(c1)CCC2. The molecule has 0 heterocycles. The van der Waals surface area contributed by atoms with Crippen LogP contribution in [0.25, 0.3) is 0 Å². The van der Waals surface area contributed by atoms with E-state index in [0.29, 0.717) is 0 Å². The second-order valence-corrected chi connectivity index (χ2v) is 4.49. The molecule has 0 saturated heterocycles. The fraction of sp³-hybridized carbons (Fsp3) is 0.467. The zero-order valence-corrected chi connectivity index (χ0v) is 9.58. The number of hydrogen-bond donors (Lipinski definition) is 1. The topological polar surface area (TPSA) is 20.2 Å². The number of hydrogen-bond acceptors (Lipinski definition) is 1. The average molecular weight is 214 g/mol. The molecular weight excluding hydrogens is 196 g/mol. The highest BCUT2D eigenvalue weighted by Crippen LogP contribution is 2.27. The smallest absolute Gasteiger partial charge is 0.0790 e. The molecule has 16 heavy (non-hydrogen) atoms. The molecule has 1 N–H and O–H groups in total. The molecule has 0 spiro atoms. The molecule has 1 aliphatic rings. The van der Waals surface area contributed by atoms with Crippen molar-refractivity contribution in [3.05, 3.63) is 34.9 Å². The average Bonchev–Trinajstić information content (AvgIpc) is 2.76. The van der Waals surface area contributed by atoms with Crippen molar-refractivity contribution in [1.82, 2.24) is 0 Å². The van der Waals surface area contributed by atoms with Gasteiger partial charge in [0, 0.05) is 6.42 Å². The first-order valence-electron chi connectivity index (χ1n) is 6.04. The molecule has 1 unspecified atom stereocenters. The highest BCUT2D eigenvalue weighted by molar-refractivity contribution is 5.36. The van der Waals surface area contributed by atoms with Crippen LogP contribution in [0, 0.1) is 12.3 Å². The molecule has 1 aromatic rings. The summed E-state index contributed by atoms with van der Waals surface area (Å²) in [5, 5.41) is 10.0. The Morgan fingerprint density at radius 2 is 2.12 bits per heavy atom. The Labute approximate surface area is 97.5 Å². The first-order valence-corrected chi connectivity index (χ1v) is 6.04. The summed E-state index contributed by atoms with van der Waals surface area (Å²) >= 11 is 0. The highest BCUT2D eigenvalue weighted by atomic mass is 16.3. The molecule has 0 amide bonds. The summed E-state index contributed by atoms with van der Waals surface area (Å²) in [6.07, 6.45) is 10.9. The summed E-state index contributed by atoms with van der Waals surface area (Å²) in [4.78, 5) is 0. The van der Waals surface area contributed by atoms with Crippen molar-refractivity contribution in [2.75, 3.05) is 0 Å². The van der Waals surface area contributed by atoms with Crippen LogP contribution in [-0.2, 0) is 12.8 Å². The number of aliphatic hydroxyl groups excluding tert-OH is 1. The molecule has 0 bridgehead atoms. The van der Waals surface area contributed by atoms with Gasteiger partial charge in [-0.3, -0.25) is 0 Å². The van der Waals surface area contributed by atoms with E-state index in [4.69, 9.17) is 6.42 Å². The van der Waals surface area contributed by atoms with Crippen LogP contribution < -0.4 is 0 Å². The van der Waals surface area contributed by atoms with Crippen molar-refractivity contribution in [2.24, 2.45) is 0 Å². The first-order chi connectivity index (χ1) is 7.81. The lowest BCUT2D eigenvalue weighted by Gasteiger charge is -2.11. The van der Waals surface area contributed by atoms with Crippen molar-refractivity contribution >= 4 is 0 Å². The predicted octanol–water partition coefficient (Wildman–Crippen LogP) is 3.01. The van der Waals surface area contributed by atoms with Gasteiger partial charge in [-0.1, -0.05) is 18.2 Å². The van der Waals surface area contributed by atoms with Crippen LogP contribution in [0.5, 0.6) is 0 Å². The van der Waals surface area contributed by atoms with Crippen LogP contribution in [0.4, 0.5) is 0 Å². The van der Waals surface area contributed by atoms with Gasteiger partial charge in [0.05, 0.1) is 6.10 Å². The Morgan fingerprint density at radius 1 is 1.31 bits per heavy atom. The van der Waals surface area contributed by atoms with E-state index in [-0.39, 0.29) is 6.10 Å². The van der Waals surface area contributed by atoms with Crippen LogP contribution in [0.2, 0.25) is 0 Å². The van der Waals surface area contributed by atoms with E-state index in [0.717, 1.165) is 24.8 Å². The van der Waals surface area contributed by atoms with Gasteiger partial charge in [-0.05, 0) is 48.8 Å². The number of aliphatic hydroxyl groups is 1. The lowest BCUT2D eigenvalue weighted by Crippen LogP contribution is -1.98. The second kappa shape index (κ2) is 5.18. The third kappa shape index (κ3) is 2.46. The van der Waals surface area contributed by atoms with Crippen LogP contribution >= 0.6 is 0 Å². The maximum Gasteiger partial charge on any atom is 0.0790 e. The summed E-state index contributed by atoms with van der Waals surface area (Å²) in [6.45, 7) is 0. The Balaban J connectivity index is 2.01. The van der Waals surface area contributed by atoms with Gasteiger partial charge >= 0.3 is 0 Å². The lowest BCUT2D eigenvalue weighted by atomic mass is 9.99. The van der Waals surface area contributed by atoms with Crippen molar-refractivity contribution in [2.45, 2.75) is 44.6 Å². The Hall–Kier alpha value is -1.26. The predicted molar refractivity (Wildman–Crippen MR) is 66.1 cm³/mol. The van der Waals surface area contributed by atoms with Crippen LogP contribution in [0.15, 0.2) is 18.2 Å². The molecule has 0 aliphatic heterocycles. The molecule has 1 aliphatic carbocycles. The standard InChI is InChI=1S/C15H18O/c1-2-3-4-8-15(16)14-10-9-12-6-5-7-13(12)11-14/h1,9-11,15-16H,3-8H2. The molecule has 0 saturated carbocycles. The summed E-state index contributed by atoms with van der Waals surface area (Å²) in [5.74, 6) is 2.61. The normalized spacial score (nSPS) is 15.5. The highest BCUT2D eigenvalue weighted by Gasteiger charge is 2.13. The van der Waals surface area contributed by atoms with E-state index in [2.05, 4.69) is 24.1 Å². The largest absolute Gasteiger partial charge is 0.388 e. The summed E-state index contributed by atoms with van der Waals surface area (Å²) < 4.78 is 0. The fourth-order valence-corrected chi connectivity index (χ4v) is 2.36. The summed E-state index contributed by atoms with van der Waals surface area (Å²) in [7, 11) is 0. The summed E-state index contributed by atoms with van der Waals surface area (Å²) in [5.41, 5.74) is 3.94. The Morgan fingerprint density at radius 3 is 2.94 bits per heavy atom. The second-order valence-electron chi connectivity index (χ2n) is 4.49. The van der Waals surface area contributed by atoms with Gasteiger partial charge in [-0.2, -0.15) is 0 Å². The molecule has 1 heteroatoms. The van der Waals surface area contributed by atoms with Crippen LogP contribution in [0.3, 0.4) is 0 Å². The third-order valence-electron chi connectivity index (χ3n) is 3.31. The van der Waals surface area contributed by atoms with Crippen LogP contribution in [-0.4, -0.2) is 5.11 Å². The zero-order valence-electron chi connectivity index (χ0n) is 9.58. The maximum absolute atomic E-state index is 10.0. The number of aryl methyl sites for hydroxylation is 2. The zero-order chi connectivity index (χ0) is 11.4. The van der Waals surface area contributed by atoms with Gasteiger partial charge in [0.25, 0.3) is 0 Å².